The lowest BCUT2D eigenvalue weighted by Crippen LogP contribution is -2.66. The molecule has 16 nitrogen and oxygen atoms in total. The highest BCUT2D eigenvalue weighted by atomic mass is 16.7. The number of aldehydes is 1. The molecule has 2 fully saturated rings. The topological polar surface area (TPSA) is 206 Å². The van der Waals surface area contributed by atoms with Crippen molar-refractivity contribution in [2.24, 2.45) is 11.8 Å². The van der Waals surface area contributed by atoms with Gasteiger partial charge in [0.05, 0.1) is 43.0 Å². The van der Waals surface area contributed by atoms with Gasteiger partial charge in [-0.2, -0.15) is 0 Å². The molecule has 0 saturated carbocycles. The lowest BCUT2D eigenvalue weighted by Gasteiger charge is -2.50. The number of carbonyl (C=O) groups is 4. The van der Waals surface area contributed by atoms with E-state index in [1.165, 1.54) is 7.11 Å². The van der Waals surface area contributed by atoms with Gasteiger partial charge in [0.2, 0.25) is 0 Å². The number of aliphatic hydroxyl groups excluding tert-OH is 3. The average molecular weight is 828 g/mol. The summed E-state index contributed by atoms with van der Waals surface area (Å²) in [6.07, 6.45) is -3.49. The van der Waals surface area contributed by atoms with Crippen molar-refractivity contribution in [2.75, 3.05) is 21.2 Å². The number of likely N-dealkylation sites (N-methyl/N-ethyl adjacent to an activating group) is 1. The van der Waals surface area contributed by atoms with Crippen LogP contribution in [0.25, 0.3) is 0 Å². The van der Waals surface area contributed by atoms with Crippen molar-refractivity contribution in [2.45, 2.75) is 185 Å². The SMILES string of the molecule is CCCC(=O)O[C@H]1[C@H](C)O[C@@H](O[C@H]2[C@@H](N(C)C)[C@@H](O)[C@H](O[C@H]3[C@H](CC=O)C[C@@H](C)[C@@H](O)C=CC=CC[C@@H](C)OC(=O)C[C@@H](O)[C@@H]3OC)O[C@@H]2C)C[C@@]1(C)OC(=O)CC. The molecule has 0 aromatic heterocycles. The highest BCUT2D eigenvalue weighted by Gasteiger charge is 2.54. The number of esters is 3. The molecule has 3 aliphatic rings. The monoisotopic (exact) mass is 827 g/mol. The molecule has 58 heavy (non-hydrogen) atoms. The third kappa shape index (κ3) is 13.6. The van der Waals surface area contributed by atoms with E-state index in [9.17, 15) is 34.5 Å². The van der Waals surface area contributed by atoms with Gasteiger partial charge in [0, 0.05) is 39.2 Å². The minimum atomic E-state index is -1.45. The minimum Gasteiger partial charge on any atom is -0.462 e. The first-order valence-corrected chi connectivity index (χ1v) is 20.6. The molecule has 16 heteroatoms. The fourth-order valence-corrected chi connectivity index (χ4v) is 8.07. The summed E-state index contributed by atoms with van der Waals surface area (Å²) in [5.41, 5.74) is -1.30. The zero-order chi connectivity index (χ0) is 43.3. The molecule has 0 unspecified atom stereocenters. The number of methoxy groups -OCH3 is 1. The van der Waals surface area contributed by atoms with Gasteiger partial charge in [-0.25, -0.2) is 0 Å². The number of cyclic esters (lactones) is 1. The van der Waals surface area contributed by atoms with Crippen molar-refractivity contribution in [3.8, 4) is 0 Å². The second kappa shape index (κ2) is 23.3. The van der Waals surface area contributed by atoms with Crippen molar-refractivity contribution in [1.29, 1.82) is 0 Å². The van der Waals surface area contributed by atoms with Crippen LogP contribution in [0.15, 0.2) is 24.3 Å². The molecule has 0 bridgehead atoms. The van der Waals surface area contributed by atoms with Gasteiger partial charge in [0.15, 0.2) is 24.3 Å². The van der Waals surface area contributed by atoms with Crippen molar-refractivity contribution < 1.29 is 72.4 Å². The van der Waals surface area contributed by atoms with Gasteiger partial charge in [0.1, 0.15) is 30.7 Å². The van der Waals surface area contributed by atoms with Crippen LogP contribution in [-0.4, -0.2) is 151 Å². The lowest BCUT2D eigenvalue weighted by atomic mass is 9.82. The third-order valence-corrected chi connectivity index (χ3v) is 11.1. The summed E-state index contributed by atoms with van der Waals surface area (Å²) in [5, 5.41) is 34.5. The molecule has 2 saturated heterocycles. The lowest BCUT2D eigenvalue weighted by molar-refractivity contribution is -0.344. The van der Waals surface area contributed by atoms with Crippen molar-refractivity contribution in [3.05, 3.63) is 24.3 Å². The van der Waals surface area contributed by atoms with Crippen molar-refractivity contribution in [3.63, 3.8) is 0 Å². The van der Waals surface area contributed by atoms with Crippen LogP contribution in [0.2, 0.25) is 0 Å². The van der Waals surface area contributed by atoms with Crippen LogP contribution in [0.4, 0.5) is 0 Å². The largest absolute Gasteiger partial charge is 0.462 e. The number of ether oxygens (including phenoxy) is 8. The summed E-state index contributed by atoms with van der Waals surface area (Å²) in [6, 6.07) is -0.783. The van der Waals surface area contributed by atoms with Crippen molar-refractivity contribution >= 4 is 24.2 Å². The number of nitrogens with zero attached hydrogens (tertiary/aromatic N) is 1. The van der Waals surface area contributed by atoms with E-state index in [0.717, 1.165) is 0 Å². The number of hydrogen-bond acceptors (Lipinski definition) is 16. The molecule has 3 heterocycles. The summed E-state index contributed by atoms with van der Waals surface area (Å²) in [5.74, 6) is -2.64. The van der Waals surface area contributed by atoms with E-state index < -0.39 is 116 Å². The molecule has 16 atom stereocenters. The maximum Gasteiger partial charge on any atom is 0.308 e. The number of hydrogen-bond donors (Lipinski definition) is 3. The van der Waals surface area contributed by atoms with E-state index in [1.54, 1.807) is 71.8 Å². The third-order valence-electron chi connectivity index (χ3n) is 11.1. The Hall–Kier alpha value is -2.80. The molecule has 0 amide bonds. The van der Waals surface area contributed by atoms with Gasteiger partial charge < -0.3 is 62.9 Å². The molecule has 3 rings (SSSR count). The van der Waals surface area contributed by atoms with Crippen LogP contribution < -0.4 is 0 Å². The molecular weight excluding hydrogens is 758 g/mol. The van der Waals surface area contributed by atoms with E-state index in [1.807, 2.05) is 19.9 Å². The Bertz CT molecular complexity index is 1380. The van der Waals surface area contributed by atoms with E-state index in [4.69, 9.17) is 37.9 Å². The van der Waals surface area contributed by atoms with Gasteiger partial charge >= 0.3 is 17.9 Å². The Balaban J connectivity index is 1.95. The number of allylic oxidation sites excluding steroid dienone is 2. The maximum atomic E-state index is 12.9. The van der Waals surface area contributed by atoms with Crippen LogP contribution >= 0.6 is 0 Å². The summed E-state index contributed by atoms with van der Waals surface area (Å²) < 4.78 is 48.8. The highest BCUT2D eigenvalue weighted by molar-refractivity contribution is 5.71. The molecule has 332 valence electrons. The molecule has 0 aromatic carbocycles. The number of carbonyl (C=O) groups excluding carboxylic acids is 4. The molecule has 0 radical (unpaired) electrons. The molecular formula is C42H69NO15. The van der Waals surface area contributed by atoms with E-state index >= 15 is 0 Å². The Morgan fingerprint density at radius 2 is 1.69 bits per heavy atom. The second-order valence-electron chi connectivity index (χ2n) is 16.3. The first-order chi connectivity index (χ1) is 27.4. The Kier molecular flexibility index (Phi) is 19.9. The molecule has 3 N–H and O–H groups in total. The Morgan fingerprint density at radius 3 is 2.31 bits per heavy atom. The summed E-state index contributed by atoms with van der Waals surface area (Å²) in [7, 11) is 4.85. The molecule has 3 aliphatic heterocycles. The molecule has 0 spiro atoms. The minimum absolute atomic E-state index is 0.00608. The van der Waals surface area contributed by atoms with Crippen LogP contribution in [0.3, 0.4) is 0 Å². The Labute approximate surface area is 343 Å². The van der Waals surface area contributed by atoms with Crippen molar-refractivity contribution in [1.82, 2.24) is 4.90 Å². The van der Waals surface area contributed by atoms with Crippen LogP contribution in [-0.2, 0) is 57.1 Å². The fraction of sp³-hybridized carbons (Fsp3) is 0.810. The predicted octanol–water partition coefficient (Wildman–Crippen LogP) is 3.16. The normalized spacial score (nSPS) is 39.5. The van der Waals surface area contributed by atoms with Crippen LogP contribution in [0.5, 0.6) is 0 Å². The van der Waals surface area contributed by atoms with Crippen LogP contribution in [0.1, 0.15) is 99.8 Å². The standard InChI is InChI=1S/C42H69NO15/c1-11-16-32(48)55-40-27(6)53-34(23-42(40,7)58-31(47)12-2)56-37-26(5)54-41(36(50)35(37)43(8)9)57-38-28(19-20-44)21-24(3)29(45)18-15-13-14-17-25(4)52-33(49)22-30(46)39(38)51-10/h13-15,18,20,24-30,34-41,45-46,50H,11-12,16-17,19,21-23H2,1-10H3/t24-,25-,26-,27+,28-,29+,30-,34+,35+,36-,37-,38+,39+,40+,41+,42-/m1/s1. The number of rotatable bonds is 13. The summed E-state index contributed by atoms with van der Waals surface area (Å²) in [4.78, 5) is 52.1. The van der Waals surface area contributed by atoms with E-state index in [2.05, 4.69) is 0 Å². The first kappa shape index (κ1) is 49.6. The zero-order valence-electron chi connectivity index (χ0n) is 35.9. The highest BCUT2D eigenvalue weighted by Crippen LogP contribution is 2.39. The predicted molar refractivity (Wildman–Crippen MR) is 210 cm³/mol. The van der Waals surface area contributed by atoms with Gasteiger partial charge in [-0.1, -0.05) is 45.1 Å². The summed E-state index contributed by atoms with van der Waals surface area (Å²) >= 11 is 0. The van der Waals surface area contributed by atoms with Gasteiger partial charge in [-0.15, -0.1) is 0 Å². The molecule has 0 aromatic rings. The first-order valence-electron chi connectivity index (χ1n) is 20.6. The smallest absolute Gasteiger partial charge is 0.308 e. The van der Waals surface area contributed by atoms with Gasteiger partial charge in [0.25, 0.3) is 0 Å². The van der Waals surface area contributed by atoms with E-state index in [0.29, 0.717) is 19.1 Å². The zero-order valence-corrected chi connectivity index (χ0v) is 35.9. The average Bonchev–Trinajstić information content (AvgIpc) is 3.13. The van der Waals surface area contributed by atoms with Gasteiger partial charge in [-0.3, -0.25) is 14.4 Å². The quantitative estimate of drug-likeness (QED) is 0.139. The second-order valence-corrected chi connectivity index (χ2v) is 16.3. The van der Waals surface area contributed by atoms with E-state index in [-0.39, 0.29) is 38.0 Å². The molecule has 0 aliphatic carbocycles. The fourth-order valence-electron chi connectivity index (χ4n) is 8.07. The Morgan fingerprint density at radius 1 is 0.983 bits per heavy atom. The van der Waals surface area contributed by atoms with Crippen LogP contribution in [0, 0.1) is 11.8 Å². The number of aliphatic hydroxyl groups is 3. The summed E-state index contributed by atoms with van der Waals surface area (Å²) in [6.45, 7) is 12.2. The van der Waals surface area contributed by atoms with Gasteiger partial charge in [-0.05, 0) is 66.5 Å². The maximum absolute atomic E-state index is 12.9.